The van der Waals surface area contributed by atoms with Gasteiger partial charge in [-0.25, -0.2) is 0 Å². The van der Waals surface area contributed by atoms with Crippen LogP contribution in [0, 0.1) is 0 Å². The molecule has 2 N–H and O–H groups in total. The molecule has 2 unspecified atom stereocenters. The molecule has 2 atom stereocenters. The van der Waals surface area contributed by atoms with E-state index in [-0.39, 0.29) is 12.2 Å². The van der Waals surface area contributed by atoms with E-state index < -0.39 is 0 Å². The van der Waals surface area contributed by atoms with Crippen molar-refractivity contribution in [1.82, 2.24) is 0 Å². The third kappa shape index (κ3) is 22.1. The van der Waals surface area contributed by atoms with Gasteiger partial charge in [-0.3, -0.25) is 0 Å². The summed E-state index contributed by atoms with van der Waals surface area (Å²) in [6, 6.07) is 0. The van der Waals surface area contributed by atoms with E-state index >= 15 is 0 Å². The molecule has 0 fully saturated rings. The van der Waals surface area contributed by atoms with Crippen LogP contribution in [-0.4, -0.2) is 22.4 Å². The van der Waals surface area contributed by atoms with Crippen LogP contribution < -0.4 is 0 Å². The standard InChI is InChI=1S/C25H52O2/c1-3-5-7-8-9-10-11-12-13-14-15-16-17-18-20-22-25(27)23-24(26)21-19-6-4-2/h24-27H,3-23H2,1-2H3. The van der Waals surface area contributed by atoms with Crippen LogP contribution in [0.5, 0.6) is 0 Å². The van der Waals surface area contributed by atoms with E-state index in [2.05, 4.69) is 13.8 Å². The maximum atomic E-state index is 10.0. The molecule has 0 aliphatic carbocycles. The average Bonchev–Trinajstić information content (AvgIpc) is 2.65. The lowest BCUT2D eigenvalue weighted by molar-refractivity contribution is 0.0681. The van der Waals surface area contributed by atoms with Gasteiger partial charge < -0.3 is 10.2 Å². The molecule has 0 radical (unpaired) electrons. The van der Waals surface area contributed by atoms with Crippen molar-refractivity contribution >= 4 is 0 Å². The molecule has 0 aliphatic heterocycles. The van der Waals surface area contributed by atoms with E-state index in [1.165, 1.54) is 103 Å². The topological polar surface area (TPSA) is 40.5 Å². The Bertz CT molecular complexity index is 267. The summed E-state index contributed by atoms with van der Waals surface area (Å²) >= 11 is 0. The second-order valence-electron chi connectivity index (χ2n) is 8.78. The molecule has 0 aromatic heterocycles. The Morgan fingerprint density at radius 1 is 0.407 bits per heavy atom. The van der Waals surface area contributed by atoms with E-state index in [9.17, 15) is 10.2 Å². The Kier molecular flexibility index (Phi) is 22.1. The summed E-state index contributed by atoms with van der Waals surface area (Å²) in [5.41, 5.74) is 0. The number of aliphatic hydroxyl groups is 2. The highest BCUT2D eigenvalue weighted by atomic mass is 16.3. The summed E-state index contributed by atoms with van der Waals surface area (Å²) in [6.07, 6.45) is 25.8. The van der Waals surface area contributed by atoms with Crippen LogP contribution in [0.2, 0.25) is 0 Å². The lowest BCUT2D eigenvalue weighted by atomic mass is 10.00. The maximum absolute atomic E-state index is 10.0. The average molecular weight is 385 g/mol. The van der Waals surface area contributed by atoms with Gasteiger partial charge in [-0.2, -0.15) is 0 Å². The van der Waals surface area contributed by atoms with Gasteiger partial charge in [0.15, 0.2) is 0 Å². The van der Waals surface area contributed by atoms with Gasteiger partial charge in [0.1, 0.15) is 0 Å². The van der Waals surface area contributed by atoms with Crippen LogP contribution in [0.15, 0.2) is 0 Å². The molecule has 164 valence electrons. The quantitative estimate of drug-likeness (QED) is 0.186. The SMILES string of the molecule is CCCCCCCCCCCCCCCCCC(O)CC(O)CCCCC. The zero-order chi connectivity index (χ0) is 20.0. The van der Waals surface area contributed by atoms with Crippen LogP contribution in [0.25, 0.3) is 0 Å². The fourth-order valence-electron chi connectivity index (χ4n) is 3.93. The Labute approximate surface area is 171 Å². The number of hydrogen-bond acceptors (Lipinski definition) is 2. The molecule has 0 rings (SSSR count). The van der Waals surface area contributed by atoms with Gasteiger partial charge in [-0.05, 0) is 19.3 Å². The lowest BCUT2D eigenvalue weighted by Crippen LogP contribution is -2.17. The zero-order valence-electron chi connectivity index (χ0n) is 18.9. The molecular weight excluding hydrogens is 332 g/mol. The lowest BCUT2D eigenvalue weighted by Gasteiger charge is -2.15. The van der Waals surface area contributed by atoms with Crippen molar-refractivity contribution in [3.63, 3.8) is 0 Å². The molecule has 0 amide bonds. The first-order chi connectivity index (χ1) is 13.2. The molecule has 0 aromatic rings. The molecule has 0 saturated carbocycles. The number of unbranched alkanes of at least 4 members (excludes halogenated alkanes) is 16. The second kappa shape index (κ2) is 22.2. The Hall–Kier alpha value is -0.0800. The Morgan fingerprint density at radius 3 is 1.04 bits per heavy atom. The second-order valence-corrected chi connectivity index (χ2v) is 8.78. The monoisotopic (exact) mass is 384 g/mol. The fraction of sp³-hybridized carbons (Fsp3) is 1.00. The smallest absolute Gasteiger partial charge is 0.0564 e. The van der Waals surface area contributed by atoms with Crippen LogP contribution in [-0.2, 0) is 0 Å². The molecule has 0 aliphatic rings. The van der Waals surface area contributed by atoms with Crippen molar-refractivity contribution in [1.29, 1.82) is 0 Å². The highest BCUT2D eigenvalue weighted by molar-refractivity contribution is 4.64. The molecule has 2 heteroatoms. The first kappa shape index (κ1) is 26.9. The van der Waals surface area contributed by atoms with E-state index in [1.807, 2.05) is 0 Å². The molecule has 0 heterocycles. The summed E-state index contributed by atoms with van der Waals surface area (Å²) in [5, 5.41) is 19.9. The fourth-order valence-corrected chi connectivity index (χ4v) is 3.93. The first-order valence-corrected chi connectivity index (χ1v) is 12.6. The largest absolute Gasteiger partial charge is 0.393 e. The molecule has 0 saturated heterocycles. The minimum absolute atomic E-state index is 0.302. The highest BCUT2D eigenvalue weighted by Gasteiger charge is 2.11. The molecular formula is C25H52O2. The molecule has 0 spiro atoms. The summed E-state index contributed by atoms with van der Waals surface area (Å²) in [7, 11) is 0. The van der Waals surface area contributed by atoms with Crippen molar-refractivity contribution in [2.45, 2.75) is 161 Å². The van der Waals surface area contributed by atoms with Crippen molar-refractivity contribution in [3.05, 3.63) is 0 Å². The molecule has 2 nitrogen and oxygen atoms in total. The molecule has 0 bridgehead atoms. The van der Waals surface area contributed by atoms with Gasteiger partial charge in [0.25, 0.3) is 0 Å². The summed E-state index contributed by atoms with van der Waals surface area (Å²) in [5.74, 6) is 0. The van der Waals surface area contributed by atoms with Crippen molar-refractivity contribution < 1.29 is 10.2 Å². The highest BCUT2D eigenvalue weighted by Crippen LogP contribution is 2.16. The van der Waals surface area contributed by atoms with Gasteiger partial charge in [0.2, 0.25) is 0 Å². The summed E-state index contributed by atoms with van der Waals surface area (Å²) in [4.78, 5) is 0. The van der Waals surface area contributed by atoms with E-state index in [0.717, 1.165) is 25.7 Å². The predicted octanol–water partition coefficient (Wildman–Crippen LogP) is 7.94. The minimum atomic E-state index is -0.303. The van der Waals surface area contributed by atoms with Gasteiger partial charge in [-0.1, -0.05) is 129 Å². The number of aliphatic hydroxyl groups excluding tert-OH is 2. The minimum Gasteiger partial charge on any atom is -0.393 e. The van der Waals surface area contributed by atoms with Crippen LogP contribution in [0.3, 0.4) is 0 Å². The summed E-state index contributed by atoms with van der Waals surface area (Å²) < 4.78 is 0. The van der Waals surface area contributed by atoms with Crippen molar-refractivity contribution in [2.24, 2.45) is 0 Å². The predicted molar refractivity (Wildman–Crippen MR) is 120 cm³/mol. The number of rotatable bonds is 22. The van der Waals surface area contributed by atoms with Crippen molar-refractivity contribution in [2.75, 3.05) is 0 Å². The van der Waals surface area contributed by atoms with E-state index in [0.29, 0.717) is 6.42 Å². The van der Waals surface area contributed by atoms with E-state index in [1.54, 1.807) is 0 Å². The van der Waals surface area contributed by atoms with Gasteiger partial charge in [0, 0.05) is 0 Å². The van der Waals surface area contributed by atoms with E-state index in [4.69, 9.17) is 0 Å². The number of hydrogen-bond donors (Lipinski definition) is 2. The zero-order valence-corrected chi connectivity index (χ0v) is 18.9. The summed E-state index contributed by atoms with van der Waals surface area (Å²) in [6.45, 7) is 4.46. The Morgan fingerprint density at radius 2 is 0.667 bits per heavy atom. The van der Waals surface area contributed by atoms with Crippen LogP contribution in [0.1, 0.15) is 149 Å². The van der Waals surface area contributed by atoms with Crippen LogP contribution in [0.4, 0.5) is 0 Å². The maximum Gasteiger partial charge on any atom is 0.0564 e. The third-order valence-electron chi connectivity index (χ3n) is 5.83. The molecule has 0 aromatic carbocycles. The normalized spacial score (nSPS) is 13.8. The third-order valence-corrected chi connectivity index (χ3v) is 5.83. The van der Waals surface area contributed by atoms with Gasteiger partial charge >= 0.3 is 0 Å². The van der Waals surface area contributed by atoms with Gasteiger partial charge in [0.05, 0.1) is 12.2 Å². The first-order valence-electron chi connectivity index (χ1n) is 12.6. The van der Waals surface area contributed by atoms with Crippen molar-refractivity contribution in [3.8, 4) is 0 Å². The molecule has 27 heavy (non-hydrogen) atoms. The van der Waals surface area contributed by atoms with Crippen LogP contribution >= 0.6 is 0 Å². The van der Waals surface area contributed by atoms with Gasteiger partial charge in [-0.15, -0.1) is 0 Å². The Balaban J connectivity index is 3.19.